The number of amides is 1. The van der Waals surface area contributed by atoms with Crippen molar-refractivity contribution >= 4 is 35.1 Å². The lowest BCUT2D eigenvalue weighted by atomic mass is 10.2. The molecule has 0 saturated carbocycles. The number of alkyl halides is 2. The molecule has 28 heavy (non-hydrogen) atoms. The lowest BCUT2D eigenvalue weighted by Crippen LogP contribution is -2.14. The largest absolute Gasteiger partial charge is 0.497 e. The molecule has 10 heteroatoms. The van der Waals surface area contributed by atoms with Gasteiger partial charge in [0.05, 0.1) is 18.6 Å². The number of nitrogens with zero attached hydrogens (tertiary/aromatic N) is 2. The molecule has 1 heterocycles. The van der Waals surface area contributed by atoms with E-state index in [4.69, 9.17) is 9.15 Å². The predicted octanol–water partition coefficient (Wildman–Crippen LogP) is 4.79. The monoisotopic (exact) mass is 423 g/mol. The molecule has 2 aromatic carbocycles. The number of methoxy groups -OCH3 is 1. The third kappa shape index (κ3) is 5.46. The number of carbonyl (C=O) groups excluding carboxylic acids is 1. The molecule has 0 saturated heterocycles. The molecule has 0 unspecified atom stereocenters. The summed E-state index contributed by atoms with van der Waals surface area (Å²) in [5, 5.41) is 10.7. The number of hydrogen-bond acceptors (Lipinski definition) is 7. The smallest absolute Gasteiger partial charge is 0.288 e. The highest BCUT2D eigenvalue weighted by molar-refractivity contribution is 8.00. The van der Waals surface area contributed by atoms with Gasteiger partial charge in [-0.05, 0) is 36.4 Å². The average Bonchev–Trinajstić information content (AvgIpc) is 3.17. The minimum atomic E-state index is -2.57. The predicted molar refractivity (Wildman–Crippen MR) is 104 cm³/mol. The molecule has 0 bridgehead atoms. The summed E-state index contributed by atoms with van der Waals surface area (Å²) in [4.78, 5) is 12.4. The number of thioether (sulfide) groups is 2. The zero-order valence-corrected chi connectivity index (χ0v) is 16.2. The van der Waals surface area contributed by atoms with Crippen LogP contribution in [0, 0.1) is 0 Å². The van der Waals surface area contributed by atoms with Crippen LogP contribution < -0.4 is 10.1 Å². The molecule has 0 aliphatic carbocycles. The van der Waals surface area contributed by atoms with Crippen LogP contribution in [0.25, 0.3) is 11.5 Å². The number of benzene rings is 2. The second kappa shape index (κ2) is 9.56. The van der Waals surface area contributed by atoms with Gasteiger partial charge in [0.15, 0.2) is 0 Å². The van der Waals surface area contributed by atoms with Crippen molar-refractivity contribution in [2.75, 3.05) is 18.2 Å². The molecular formula is C18H15F2N3O3S2. The first-order valence-corrected chi connectivity index (χ1v) is 9.86. The highest BCUT2D eigenvalue weighted by Crippen LogP contribution is 2.32. The fourth-order valence-corrected chi connectivity index (χ4v) is 3.36. The Labute approximate surface area is 168 Å². The van der Waals surface area contributed by atoms with Gasteiger partial charge in [-0.3, -0.25) is 4.79 Å². The van der Waals surface area contributed by atoms with E-state index in [2.05, 4.69) is 15.5 Å². The van der Waals surface area contributed by atoms with Crippen LogP contribution in [-0.4, -0.2) is 34.7 Å². The first-order chi connectivity index (χ1) is 13.5. The van der Waals surface area contributed by atoms with Gasteiger partial charge in [0.2, 0.25) is 11.8 Å². The summed E-state index contributed by atoms with van der Waals surface area (Å²) in [5.74, 6) is -1.90. The standard InChI is InChI=1S/C18H15F2N3O3S2/c1-25-12-8-6-11(7-9-12)16-22-23-18(26-16)27-10-15(24)21-13-4-2-3-5-14(13)28-17(19)20/h2-9,17H,10H2,1H3,(H,21,24). The van der Waals surface area contributed by atoms with Crippen molar-refractivity contribution in [1.82, 2.24) is 10.2 Å². The van der Waals surface area contributed by atoms with Crippen molar-refractivity contribution in [2.45, 2.75) is 15.9 Å². The number of rotatable bonds is 8. The van der Waals surface area contributed by atoms with E-state index in [1.165, 1.54) is 6.07 Å². The number of nitrogens with one attached hydrogen (secondary N) is 1. The summed E-state index contributed by atoms with van der Waals surface area (Å²) < 4.78 is 35.8. The molecule has 146 valence electrons. The van der Waals surface area contributed by atoms with Crippen molar-refractivity contribution in [3.8, 4) is 17.2 Å². The maximum Gasteiger partial charge on any atom is 0.288 e. The molecule has 0 atom stereocenters. The minimum Gasteiger partial charge on any atom is -0.497 e. The normalized spacial score (nSPS) is 10.9. The number of para-hydroxylation sites is 1. The average molecular weight is 423 g/mol. The summed E-state index contributed by atoms with van der Waals surface area (Å²) in [7, 11) is 1.58. The summed E-state index contributed by atoms with van der Waals surface area (Å²) >= 11 is 1.44. The Bertz CT molecular complexity index is 936. The van der Waals surface area contributed by atoms with Gasteiger partial charge in [-0.25, -0.2) is 0 Å². The van der Waals surface area contributed by atoms with E-state index >= 15 is 0 Å². The van der Waals surface area contributed by atoms with Crippen molar-refractivity contribution in [3.05, 3.63) is 48.5 Å². The van der Waals surface area contributed by atoms with Crippen LogP contribution in [0.2, 0.25) is 0 Å². The van der Waals surface area contributed by atoms with Crippen LogP contribution in [0.15, 0.2) is 63.1 Å². The first kappa shape index (κ1) is 20.2. The van der Waals surface area contributed by atoms with Crippen LogP contribution in [-0.2, 0) is 4.79 Å². The molecule has 0 spiro atoms. The Balaban J connectivity index is 1.57. The number of aromatic nitrogens is 2. The number of ether oxygens (including phenoxy) is 1. The fraction of sp³-hybridized carbons (Fsp3) is 0.167. The Morgan fingerprint density at radius 2 is 1.93 bits per heavy atom. The highest BCUT2D eigenvalue weighted by Gasteiger charge is 2.14. The van der Waals surface area contributed by atoms with E-state index in [1.807, 2.05) is 0 Å². The van der Waals surface area contributed by atoms with E-state index in [-0.39, 0.29) is 16.9 Å². The van der Waals surface area contributed by atoms with Gasteiger partial charge in [-0.15, -0.1) is 10.2 Å². The zero-order valence-electron chi connectivity index (χ0n) is 14.6. The molecule has 3 aromatic rings. The van der Waals surface area contributed by atoms with E-state index in [9.17, 15) is 13.6 Å². The Hall–Kier alpha value is -2.59. The summed E-state index contributed by atoms with van der Waals surface area (Å²) in [6, 6.07) is 13.5. The quantitative estimate of drug-likeness (QED) is 0.522. The molecule has 0 aliphatic heterocycles. The van der Waals surface area contributed by atoms with E-state index < -0.39 is 5.76 Å². The first-order valence-electron chi connectivity index (χ1n) is 7.99. The third-order valence-electron chi connectivity index (χ3n) is 3.45. The van der Waals surface area contributed by atoms with Gasteiger partial charge >= 0.3 is 0 Å². The molecule has 3 rings (SSSR count). The molecule has 1 amide bonds. The lowest BCUT2D eigenvalue weighted by Gasteiger charge is -2.09. The van der Waals surface area contributed by atoms with Crippen LogP contribution in [0.1, 0.15) is 0 Å². The van der Waals surface area contributed by atoms with E-state index in [0.717, 1.165) is 17.3 Å². The van der Waals surface area contributed by atoms with Crippen molar-refractivity contribution in [2.24, 2.45) is 0 Å². The van der Waals surface area contributed by atoms with Gasteiger partial charge in [0.25, 0.3) is 11.0 Å². The fourth-order valence-electron chi connectivity index (χ4n) is 2.20. The summed E-state index contributed by atoms with van der Waals surface area (Å²) in [5.41, 5.74) is 1.06. The lowest BCUT2D eigenvalue weighted by molar-refractivity contribution is -0.113. The molecule has 6 nitrogen and oxygen atoms in total. The highest BCUT2D eigenvalue weighted by atomic mass is 32.2. The SMILES string of the molecule is COc1ccc(-c2nnc(SCC(=O)Nc3ccccc3SC(F)F)o2)cc1. The number of carbonyl (C=O) groups is 1. The molecule has 0 aliphatic rings. The number of halogens is 2. The van der Waals surface area contributed by atoms with Crippen LogP contribution in [0.3, 0.4) is 0 Å². The van der Waals surface area contributed by atoms with Crippen molar-refractivity contribution in [1.29, 1.82) is 0 Å². The zero-order chi connectivity index (χ0) is 19.9. The maximum atomic E-state index is 12.6. The van der Waals surface area contributed by atoms with Gasteiger partial charge in [-0.2, -0.15) is 8.78 Å². The van der Waals surface area contributed by atoms with Crippen molar-refractivity contribution < 1.29 is 22.7 Å². The number of hydrogen-bond donors (Lipinski definition) is 1. The second-order valence-corrected chi connectivity index (χ2v) is 7.27. The Morgan fingerprint density at radius 3 is 2.64 bits per heavy atom. The molecule has 1 N–H and O–H groups in total. The van der Waals surface area contributed by atoms with Crippen LogP contribution in [0.5, 0.6) is 5.75 Å². The Kier molecular flexibility index (Phi) is 6.88. The second-order valence-electron chi connectivity index (χ2n) is 5.31. The molecule has 1 aromatic heterocycles. The summed E-state index contributed by atoms with van der Waals surface area (Å²) in [6.45, 7) is 0. The molecule has 0 fully saturated rings. The summed E-state index contributed by atoms with van der Waals surface area (Å²) in [6.07, 6.45) is 0. The van der Waals surface area contributed by atoms with E-state index in [0.29, 0.717) is 34.0 Å². The Morgan fingerprint density at radius 1 is 1.18 bits per heavy atom. The van der Waals surface area contributed by atoms with Gasteiger partial charge in [-0.1, -0.05) is 35.7 Å². The minimum absolute atomic E-state index is 0.00206. The van der Waals surface area contributed by atoms with Gasteiger partial charge in [0.1, 0.15) is 5.75 Å². The van der Waals surface area contributed by atoms with E-state index in [1.54, 1.807) is 49.6 Å². The van der Waals surface area contributed by atoms with Gasteiger partial charge < -0.3 is 14.5 Å². The topological polar surface area (TPSA) is 77.2 Å². The van der Waals surface area contributed by atoms with Crippen molar-refractivity contribution in [3.63, 3.8) is 0 Å². The van der Waals surface area contributed by atoms with Gasteiger partial charge in [0, 0.05) is 10.5 Å². The number of anilines is 1. The van der Waals surface area contributed by atoms with Crippen LogP contribution in [0.4, 0.5) is 14.5 Å². The maximum absolute atomic E-state index is 12.6. The molecule has 0 radical (unpaired) electrons. The van der Waals surface area contributed by atoms with Crippen LogP contribution >= 0.6 is 23.5 Å². The molecular weight excluding hydrogens is 408 g/mol. The third-order valence-corrected chi connectivity index (χ3v) is 5.05.